The SMILES string of the molecule is CCOC(=O)C(Cl)C(C)CC. The van der Waals surface area contributed by atoms with E-state index in [2.05, 4.69) is 0 Å². The van der Waals surface area contributed by atoms with Crippen LogP contribution in [0.25, 0.3) is 0 Å². The van der Waals surface area contributed by atoms with Crippen LogP contribution in [0.2, 0.25) is 0 Å². The van der Waals surface area contributed by atoms with Gasteiger partial charge in [-0.3, -0.25) is 4.79 Å². The maximum absolute atomic E-state index is 11.0. The number of halogens is 1. The molecule has 0 aliphatic carbocycles. The van der Waals surface area contributed by atoms with E-state index in [1.807, 2.05) is 13.8 Å². The van der Waals surface area contributed by atoms with Gasteiger partial charge >= 0.3 is 5.97 Å². The van der Waals surface area contributed by atoms with E-state index in [0.29, 0.717) is 6.61 Å². The summed E-state index contributed by atoms with van der Waals surface area (Å²) >= 11 is 5.79. The van der Waals surface area contributed by atoms with Crippen LogP contribution in [-0.2, 0) is 9.53 Å². The predicted molar refractivity (Wildman–Crippen MR) is 45.7 cm³/mol. The summed E-state index contributed by atoms with van der Waals surface area (Å²) in [6.07, 6.45) is 0.896. The van der Waals surface area contributed by atoms with Crippen molar-refractivity contribution in [2.24, 2.45) is 5.92 Å². The quantitative estimate of drug-likeness (QED) is 0.488. The Bertz CT molecular complexity index is 125. The van der Waals surface area contributed by atoms with Crippen LogP contribution >= 0.6 is 11.6 Å². The summed E-state index contributed by atoms with van der Waals surface area (Å²) < 4.78 is 4.76. The van der Waals surface area contributed by atoms with E-state index in [-0.39, 0.29) is 11.9 Å². The molecule has 11 heavy (non-hydrogen) atoms. The molecule has 0 saturated heterocycles. The van der Waals surface area contributed by atoms with Crippen LogP contribution < -0.4 is 0 Å². The first-order valence-electron chi connectivity index (χ1n) is 3.94. The maximum atomic E-state index is 11.0. The molecule has 0 aliphatic rings. The number of rotatable bonds is 4. The molecule has 0 spiro atoms. The Labute approximate surface area is 72.9 Å². The van der Waals surface area contributed by atoms with Crippen LogP contribution in [-0.4, -0.2) is 18.0 Å². The maximum Gasteiger partial charge on any atom is 0.324 e. The molecule has 0 N–H and O–H groups in total. The molecule has 0 amide bonds. The van der Waals surface area contributed by atoms with E-state index >= 15 is 0 Å². The molecular weight excluding hydrogens is 164 g/mol. The molecule has 2 unspecified atom stereocenters. The molecule has 3 heteroatoms. The number of hydrogen-bond acceptors (Lipinski definition) is 2. The molecule has 0 aromatic carbocycles. The van der Waals surface area contributed by atoms with Crippen LogP contribution in [0.1, 0.15) is 27.2 Å². The van der Waals surface area contributed by atoms with Gasteiger partial charge < -0.3 is 4.74 Å². The van der Waals surface area contributed by atoms with Gasteiger partial charge in [0.2, 0.25) is 0 Å². The van der Waals surface area contributed by atoms with E-state index in [1.54, 1.807) is 6.92 Å². The Morgan fingerprint density at radius 2 is 2.09 bits per heavy atom. The first-order chi connectivity index (χ1) is 5.13. The van der Waals surface area contributed by atoms with Crippen LogP contribution in [0.4, 0.5) is 0 Å². The minimum absolute atomic E-state index is 0.190. The summed E-state index contributed by atoms with van der Waals surface area (Å²) in [5.74, 6) is -0.112. The Morgan fingerprint density at radius 1 is 1.55 bits per heavy atom. The van der Waals surface area contributed by atoms with Gasteiger partial charge in [0.05, 0.1) is 6.61 Å². The molecule has 0 aromatic rings. The van der Waals surface area contributed by atoms with Crippen molar-refractivity contribution in [1.29, 1.82) is 0 Å². The van der Waals surface area contributed by atoms with Crippen molar-refractivity contribution >= 4 is 17.6 Å². The van der Waals surface area contributed by atoms with E-state index in [1.165, 1.54) is 0 Å². The lowest BCUT2D eigenvalue weighted by Crippen LogP contribution is -2.24. The number of carbonyl (C=O) groups is 1. The van der Waals surface area contributed by atoms with E-state index in [9.17, 15) is 4.79 Å². The van der Waals surface area contributed by atoms with E-state index < -0.39 is 5.38 Å². The fraction of sp³-hybridized carbons (Fsp3) is 0.875. The molecule has 0 bridgehead atoms. The fourth-order valence-corrected chi connectivity index (χ4v) is 0.902. The molecule has 2 nitrogen and oxygen atoms in total. The third-order valence-corrected chi connectivity index (χ3v) is 2.26. The Balaban J connectivity index is 3.80. The van der Waals surface area contributed by atoms with Gasteiger partial charge in [0.1, 0.15) is 5.38 Å². The Kier molecular flexibility index (Phi) is 5.30. The van der Waals surface area contributed by atoms with Crippen molar-refractivity contribution < 1.29 is 9.53 Å². The molecular formula is C8H15ClO2. The zero-order valence-electron chi connectivity index (χ0n) is 7.26. The van der Waals surface area contributed by atoms with E-state index in [0.717, 1.165) is 6.42 Å². The molecule has 0 aliphatic heterocycles. The average molecular weight is 179 g/mol. The second-order valence-corrected chi connectivity index (χ2v) is 3.01. The third-order valence-electron chi connectivity index (χ3n) is 1.66. The number of alkyl halides is 1. The normalized spacial score (nSPS) is 15.6. The van der Waals surface area contributed by atoms with Crippen molar-refractivity contribution in [2.45, 2.75) is 32.6 Å². The smallest absolute Gasteiger partial charge is 0.324 e. The van der Waals surface area contributed by atoms with Crippen LogP contribution in [0.5, 0.6) is 0 Å². The minimum Gasteiger partial charge on any atom is -0.465 e. The largest absolute Gasteiger partial charge is 0.465 e. The van der Waals surface area contributed by atoms with Crippen molar-refractivity contribution in [3.05, 3.63) is 0 Å². The summed E-state index contributed by atoms with van der Waals surface area (Å²) in [6.45, 7) is 6.12. The second-order valence-electron chi connectivity index (χ2n) is 2.54. The second kappa shape index (κ2) is 5.42. The summed E-state index contributed by atoms with van der Waals surface area (Å²) in [6, 6.07) is 0. The molecule has 0 saturated carbocycles. The molecule has 0 aromatic heterocycles. The van der Waals surface area contributed by atoms with Gasteiger partial charge in [0, 0.05) is 0 Å². The lowest BCUT2D eigenvalue weighted by Gasteiger charge is -2.13. The topological polar surface area (TPSA) is 26.3 Å². The minimum atomic E-state index is -0.486. The average Bonchev–Trinajstić information content (AvgIpc) is 2.02. The molecule has 0 radical (unpaired) electrons. The van der Waals surface area contributed by atoms with E-state index in [4.69, 9.17) is 16.3 Å². The standard InChI is InChI=1S/C8H15ClO2/c1-4-6(3)7(9)8(10)11-5-2/h6-7H,4-5H2,1-3H3. The lowest BCUT2D eigenvalue weighted by atomic mass is 10.1. The summed E-state index contributed by atoms with van der Waals surface area (Å²) in [5, 5.41) is -0.486. The zero-order chi connectivity index (χ0) is 8.85. The monoisotopic (exact) mass is 178 g/mol. The Morgan fingerprint density at radius 3 is 2.45 bits per heavy atom. The highest BCUT2D eigenvalue weighted by molar-refractivity contribution is 6.30. The van der Waals surface area contributed by atoms with Gasteiger partial charge in [0.15, 0.2) is 0 Å². The Hall–Kier alpha value is -0.240. The highest BCUT2D eigenvalue weighted by atomic mass is 35.5. The first-order valence-corrected chi connectivity index (χ1v) is 4.37. The van der Waals surface area contributed by atoms with Gasteiger partial charge in [-0.2, -0.15) is 0 Å². The number of carbonyl (C=O) groups excluding carboxylic acids is 1. The van der Waals surface area contributed by atoms with Crippen molar-refractivity contribution in [1.82, 2.24) is 0 Å². The van der Waals surface area contributed by atoms with Crippen LogP contribution in [0, 0.1) is 5.92 Å². The number of ether oxygens (including phenoxy) is 1. The molecule has 2 atom stereocenters. The summed E-state index contributed by atoms with van der Waals surface area (Å²) in [4.78, 5) is 11.0. The highest BCUT2D eigenvalue weighted by Gasteiger charge is 2.21. The predicted octanol–water partition coefficient (Wildman–Crippen LogP) is 2.20. The van der Waals surface area contributed by atoms with Gasteiger partial charge in [-0.15, -0.1) is 11.6 Å². The van der Waals surface area contributed by atoms with Crippen molar-refractivity contribution in [3.8, 4) is 0 Å². The van der Waals surface area contributed by atoms with Gasteiger partial charge in [-0.25, -0.2) is 0 Å². The van der Waals surface area contributed by atoms with Crippen molar-refractivity contribution in [3.63, 3.8) is 0 Å². The van der Waals surface area contributed by atoms with Crippen molar-refractivity contribution in [2.75, 3.05) is 6.61 Å². The molecule has 0 fully saturated rings. The van der Waals surface area contributed by atoms with Gasteiger partial charge in [-0.1, -0.05) is 20.3 Å². The van der Waals surface area contributed by atoms with Gasteiger partial charge in [0.25, 0.3) is 0 Å². The zero-order valence-corrected chi connectivity index (χ0v) is 8.02. The molecule has 0 rings (SSSR count). The van der Waals surface area contributed by atoms with Crippen LogP contribution in [0.3, 0.4) is 0 Å². The van der Waals surface area contributed by atoms with Gasteiger partial charge in [-0.05, 0) is 12.8 Å². The summed E-state index contributed by atoms with van der Waals surface area (Å²) in [7, 11) is 0. The number of hydrogen-bond donors (Lipinski definition) is 0. The third kappa shape index (κ3) is 3.61. The molecule has 66 valence electrons. The lowest BCUT2D eigenvalue weighted by molar-refractivity contribution is -0.143. The highest BCUT2D eigenvalue weighted by Crippen LogP contribution is 2.15. The molecule has 0 heterocycles. The summed E-state index contributed by atoms with van der Waals surface area (Å²) in [5.41, 5.74) is 0. The van der Waals surface area contributed by atoms with Crippen LogP contribution in [0.15, 0.2) is 0 Å². The number of esters is 1. The first kappa shape index (κ1) is 10.8. The fourth-order valence-electron chi connectivity index (χ4n) is 0.661.